The van der Waals surface area contributed by atoms with Crippen LogP contribution in [0.25, 0.3) is 27.9 Å². The fourth-order valence-corrected chi connectivity index (χ4v) is 4.41. The Balaban J connectivity index is 1.13. The first-order chi connectivity index (χ1) is 18.0. The molecule has 7 rings (SSSR count). The number of rotatable bonds is 4. The Morgan fingerprint density at radius 3 is 2.84 bits per heavy atom. The standard InChI is InChI=1S/C25H22N10O2/c1-14-6-15(2-5-19(14)37-21-8-20-34-29-13-35(20)12-28-21)23-31-18-4-3-16(7-17(18)22(26)32-23)30-24-33-25(11-36-24)9-27-10-25/h2-8,12-13,27H,9-11H2,1H3,(H,30,33)(H2,26,31,32). The molecule has 5 aromatic rings. The Hall–Kier alpha value is -4.84. The molecule has 2 aliphatic heterocycles. The molecule has 12 heteroatoms. The molecule has 37 heavy (non-hydrogen) atoms. The minimum Gasteiger partial charge on any atom is -0.462 e. The highest BCUT2D eigenvalue weighted by Crippen LogP contribution is 2.31. The van der Waals surface area contributed by atoms with Crippen LogP contribution in [0.1, 0.15) is 5.56 Å². The summed E-state index contributed by atoms with van der Waals surface area (Å²) in [5, 5.41) is 15.1. The summed E-state index contributed by atoms with van der Waals surface area (Å²) in [5.74, 6) is 2.02. The van der Waals surface area contributed by atoms with Gasteiger partial charge in [-0.3, -0.25) is 4.40 Å². The number of nitrogens with two attached hydrogens (primary N) is 1. The summed E-state index contributed by atoms with van der Waals surface area (Å²) in [4.78, 5) is 18.3. The third kappa shape index (κ3) is 3.83. The van der Waals surface area contributed by atoms with E-state index in [1.165, 1.54) is 0 Å². The van der Waals surface area contributed by atoms with E-state index in [1.807, 2.05) is 43.3 Å². The molecule has 5 heterocycles. The fraction of sp³-hybridized carbons (Fsp3) is 0.200. The van der Waals surface area contributed by atoms with Crippen LogP contribution in [0.4, 0.5) is 11.5 Å². The van der Waals surface area contributed by atoms with Gasteiger partial charge in [-0.1, -0.05) is 0 Å². The van der Waals surface area contributed by atoms with E-state index in [4.69, 9.17) is 20.2 Å². The lowest BCUT2D eigenvalue weighted by Crippen LogP contribution is -2.59. The molecule has 2 aromatic carbocycles. The molecule has 3 aromatic heterocycles. The third-order valence-corrected chi connectivity index (χ3v) is 6.51. The average Bonchev–Trinajstić information content (AvgIpc) is 3.52. The number of benzene rings is 2. The number of nitrogens with zero attached hydrogens (tertiary/aromatic N) is 7. The van der Waals surface area contributed by atoms with Gasteiger partial charge in [-0.2, -0.15) is 0 Å². The summed E-state index contributed by atoms with van der Waals surface area (Å²) < 4.78 is 13.4. The van der Waals surface area contributed by atoms with Crippen LogP contribution in [0.2, 0.25) is 0 Å². The molecule has 184 valence electrons. The quantitative estimate of drug-likeness (QED) is 0.340. The van der Waals surface area contributed by atoms with E-state index < -0.39 is 0 Å². The molecule has 1 saturated heterocycles. The molecule has 0 bridgehead atoms. The highest BCUT2D eigenvalue weighted by molar-refractivity contribution is 5.96. The van der Waals surface area contributed by atoms with Gasteiger partial charge in [-0.25, -0.2) is 19.9 Å². The van der Waals surface area contributed by atoms with Gasteiger partial charge in [0.05, 0.1) is 5.52 Å². The lowest BCUT2D eigenvalue weighted by Gasteiger charge is -2.33. The van der Waals surface area contributed by atoms with Gasteiger partial charge in [-0.05, 0) is 48.9 Å². The Bertz CT molecular complexity index is 1710. The lowest BCUT2D eigenvalue weighted by atomic mass is 9.95. The number of anilines is 2. The molecule has 0 amide bonds. The van der Waals surface area contributed by atoms with E-state index in [1.54, 1.807) is 23.1 Å². The highest BCUT2D eigenvalue weighted by Gasteiger charge is 2.42. The molecule has 1 spiro atoms. The van der Waals surface area contributed by atoms with E-state index >= 15 is 0 Å². The van der Waals surface area contributed by atoms with Crippen LogP contribution in [0.5, 0.6) is 11.6 Å². The summed E-state index contributed by atoms with van der Waals surface area (Å²) in [6.45, 7) is 4.21. The first kappa shape index (κ1) is 21.4. The van der Waals surface area contributed by atoms with Crippen LogP contribution in [0, 0.1) is 6.92 Å². The Labute approximate surface area is 210 Å². The van der Waals surface area contributed by atoms with Gasteiger partial charge in [0, 0.05) is 35.8 Å². The predicted octanol–water partition coefficient (Wildman–Crippen LogP) is 2.56. The zero-order chi connectivity index (χ0) is 25.0. The zero-order valence-corrected chi connectivity index (χ0v) is 19.8. The number of nitrogens with one attached hydrogen (secondary N) is 2. The second-order valence-electron chi connectivity index (χ2n) is 9.23. The fourth-order valence-electron chi connectivity index (χ4n) is 4.41. The van der Waals surface area contributed by atoms with E-state index in [2.05, 4.69) is 35.8 Å². The number of hydrogen-bond acceptors (Lipinski definition) is 11. The normalized spacial score (nSPS) is 16.0. The number of fused-ring (bicyclic) bond motifs is 2. The van der Waals surface area contributed by atoms with Crippen molar-refractivity contribution in [3.8, 4) is 23.0 Å². The number of hydrogen-bond donors (Lipinski definition) is 3. The number of aryl methyl sites for hydroxylation is 1. The van der Waals surface area contributed by atoms with Crippen molar-refractivity contribution in [1.29, 1.82) is 0 Å². The van der Waals surface area contributed by atoms with E-state index in [9.17, 15) is 0 Å². The first-order valence-corrected chi connectivity index (χ1v) is 11.8. The summed E-state index contributed by atoms with van der Waals surface area (Å²) in [7, 11) is 0. The first-order valence-electron chi connectivity index (χ1n) is 11.8. The Morgan fingerprint density at radius 2 is 2.03 bits per heavy atom. The van der Waals surface area contributed by atoms with Crippen molar-refractivity contribution in [3.63, 3.8) is 0 Å². The van der Waals surface area contributed by atoms with Gasteiger partial charge in [0.1, 0.15) is 36.4 Å². The number of aromatic nitrogens is 6. The van der Waals surface area contributed by atoms with Gasteiger partial charge in [-0.15, -0.1) is 10.2 Å². The van der Waals surface area contributed by atoms with Gasteiger partial charge >= 0.3 is 0 Å². The van der Waals surface area contributed by atoms with Crippen molar-refractivity contribution in [2.24, 2.45) is 4.99 Å². The molecule has 0 radical (unpaired) electrons. The SMILES string of the molecule is Cc1cc(-c2nc(N)c3cc(NC4=NC5(CNC5)CO4)ccc3n2)ccc1Oc1cc2nncn2cn1. The molecule has 0 atom stereocenters. The zero-order valence-electron chi connectivity index (χ0n) is 19.8. The Kier molecular flexibility index (Phi) is 4.69. The predicted molar refractivity (Wildman–Crippen MR) is 138 cm³/mol. The largest absolute Gasteiger partial charge is 0.462 e. The van der Waals surface area contributed by atoms with Crippen LogP contribution in [-0.2, 0) is 4.74 Å². The average molecular weight is 495 g/mol. The van der Waals surface area contributed by atoms with Crippen molar-refractivity contribution in [2.75, 3.05) is 30.7 Å². The van der Waals surface area contributed by atoms with Crippen LogP contribution >= 0.6 is 0 Å². The Morgan fingerprint density at radius 1 is 1.11 bits per heavy atom. The molecule has 1 fully saturated rings. The summed E-state index contributed by atoms with van der Waals surface area (Å²) in [5.41, 5.74) is 10.2. The number of aliphatic imine (C=N–C) groups is 1. The van der Waals surface area contributed by atoms with Gasteiger partial charge in [0.15, 0.2) is 11.5 Å². The minimum atomic E-state index is -0.129. The summed E-state index contributed by atoms with van der Waals surface area (Å²) in [6, 6.07) is 13.7. The van der Waals surface area contributed by atoms with Crippen LogP contribution in [-0.4, -0.2) is 60.8 Å². The van der Waals surface area contributed by atoms with Gasteiger partial charge in [0.2, 0.25) is 5.88 Å². The van der Waals surface area contributed by atoms with Gasteiger partial charge in [0.25, 0.3) is 6.02 Å². The maximum Gasteiger partial charge on any atom is 0.290 e. The van der Waals surface area contributed by atoms with Crippen molar-refractivity contribution in [1.82, 2.24) is 34.9 Å². The van der Waals surface area contributed by atoms with Crippen LogP contribution in [0.15, 0.2) is 60.1 Å². The van der Waals surface area contributed by atoms with E-state index in [0.717, 1.165) is 40.8 Å². The molecular formula is C25H22N10O2. The molecule has 0 unspecified atom stereocenters. The second-order valence-corrected chi connectivity index (χ2v) is 9.23. The van der Waals surface area contributed by atoms with Crippen molar-refractivity contribution < 1.29 is 9.47 Å². The van der Waals surface area contributed by atoms with Crippen molar-refractivity contribution in [3.05, 3.63) is 60.7 Å². The van der Waals surface area contributed by atoms with Crippen LogP contribution < -0.4 is 21.1 Å². The molecule has 2 aliphatic rings. The maximum absolute atomic E-state index is 6.36. The smallest absolute Gasteiger partial charge is 0.290 e. The van der Waals surface area contributed by atoms with E-state index in [0.29, 0.717) is 41.5 Å². The molecular weight excluding hydrogens is 472 g/mol. The third-order valence-electron chi connectivity index (χ3n) is 6.51. The van der Waals surface area contributed by atoms with Crippen molar-refractivity contribution in [2.45, 2.75) is 12.5 Å². The summed E-state index contributed by atoms with van der Waals surface area (Å²) >= 11 is 0. The monoisotopic (exact) mass is 494 g/mol. The lowest BCUT2D eigenvalue weighted by molar-refractivity contribution is 0.196. The molecule has 0 saturated carbocycles. The highest BCUT2D eigenvalue weighted by atomic mass is 16.5. The molecule has 12 nitrogen and oxygen atoms in total. The van der Waals surface area contributed by atoms with E-state index in [-0.39, 0.29) is 5.54 Å². The minimum absolute atomic E-state index is 0.129. The maximum atomic E-state index is 6.36. The number of nitrogen functional groups attached to an aromatic ring is 1. The van der Waals surface area contributed by atoms with Gasteiger partial charge < -0.3 is 25.8 Å². The second kappa shape index (κ2) is 8.10. The van der Waals surface area contributed by atoms with Crippen molar-refractivity contribution >= 4 is 34.1 Å². The number of amidine groups is 1. The van der Waals surface area contributed by atoms with Crippen LogP contribution in [0.3, 0.4) is 0 Å². The topological polar surface area (TPSA) is 150 Å². The number of ether oxygens (including phenoxy) is 2. The molecule has 4 N–H and O–H groups in total. The summed E-state index contributed by atoms with van der Waals surface area (Å²) in [6.07, 6.45) is 3.19. The molecule has 0 aliphatic carbocycles.